The van der Waals surface area contributed by atoms with E-state index in [1.165, 1.54) is 6.07 Å². The Kier molecular flexibility index (Phi) is 4.88. The van der Waals surface area contributed by atoms with Gasteiger partial charge >= 0.3 is 5.97 Å². The van der Waals surface area contributed by atoms with Crippen molar-refractivity contribution in [2.45, 2.75) is 33.3 Å². The van der Waals surface area contributed by atoms with Gasteiger partial charge in [0, 0.05) is 12.5 Å². The lowest BCUT2D eigenvalue weighted by Gasteiger charge is -2.24. The van der Waals surface area contributed by atoms with Crippen LogP contribution in [0.15, 0.2) is 18.2 Å². The maximum atomic E-state index is 11.1. The highest BCUT2D eigenvalue weighted by Crippen LogP contribution is 2.29. The van der Waals surface area contributed by atoms with Crippen LogP contribution in [0.1, 0.15) is 27.2 Å². The number of ether oxygens (including phenoxy) is 1. The third-order valence-electron chi connectivity index (χ3n) is 2.24. The van der Waals surface area contributed by atoms with Crippen LogP contribution in [0.25, 0.3) is 0 Å². The average molecular weight is 291 g/mol. The minimum atomic E-state index is -0.990. The van der Waals surface area contributed by atoms with E-state index in [1.54, 1.807) is 12.1 Å². The zero-order valence-electron chi connectivity index (χ0n) is 10.5. The molecule has 0 amide bonds. The highest BCUT2D eigenvalue weighted by Gasteiger charge is 2.26. The number of carboxylic acid groups (broad SMARTS) is 1. The summed E-state index contributed by atoms with van der Waals surface area (Å²) in [5, 5.41) is 9.89. The average Bonchev–Trinajstić information content (AvgIpc) is 2.20. The van der Waals surface area contributed by atoms with Crippen LogP contribution in [0.2, 0.25) is 10.0 Å². The van der Waals surface area contributed by atoms with Crippen LogP contribution >= 0.6 is 23.2 Å². The number of carboxylic acids is 1. The highest BCUT2D eigenvalue weighted by atomic mass is 35.5. The fourth-order valence-corrected chi connectivity index (χ4v) is 1.74. The first-order valence-electron chi connectivity index (χ1n) is 5.53. The molecule has 0 aliphatic rings. The SMILES string of the molecule is CC(C)(C)CC(Oc1ccc(Cl)c(Cl)c1)C(=O)O. The standard InChI is InChI=1S/C13H16Cl2O3/c1-13(2,3)7-11(12(16)17)18-8-4-5-9(14)10(15)6-8/h4-6,11H,7H2,1-3H3,(H,16,17). The molecule has 3 nitrogen and oxygen atoms in total. The van der Waals surface area contributed by atoms with E-state index in [-0.39, 0.29) is 5.41 Å². The Balaban J connectivity index is 2.83. The molecule has 1 atom stereocenters. The summed E-state index contributed by atoms with van der Waals surface area (Å²) in [7, 11) is 0. The second kappa shape index (κ2) is 5.81. The van der Waals surface area contributed by atoms with Gasteiger partial charge in [0.2, 0.25) is 0 Å². The van der Waals surface area contributed by atoms with Gasteiger partial charge in [-0.15, -0.1) is 0 Å². The Morgan fingerprint density at radius 3 is 2.39 bits per heavy atom. The first-order chi connectivity index (χ1) is 8.19. The van der Waals surface area contributed by atoms with Gasteiger partial charge in [0.05, 0.1) is 10.0 Å². The molecule has 0 radical (unpaired) electrons. The predicted octanol–water partition coefficient (Wildman–Crippen LogP) is 4.26. The molecule has 18 heavy (non-hydrogen) atoms. The van der Waals surface area contributed by atoms with Gasteiger partial charge in [-0.3, -0.25) is 0 Å². The van der Waals surface area contributed by atoms with Crippen molar-refractivity contribution < 1.29 is 14.6 Å². The minimum Gasteiger partial charge on any atom is -0.479 e. The van der Waals surface area contributed by atoms with Crippen LogP contribution in [0, 0.1) is 5.41 Å². The molecule has 0 aromatic heterocycles. The van der Waals surface area contributed by atoms with E-state index in [9.17, 15) is 4.79 Å². The molecule has 0 saturated heterocycles. The third kappa shape index (κ3) is 4.75. The Morgan fingerprint density at radius 1 is 1.33 bits per heavy atom. The van der Waals surface area contributed by atoms with Crippen molar-refractivity contribution in [3.8, 4) is 5.75 Å². The van der Waals surface area contributed by atoms with Gasteiger partial charge in [-0.1, -0.05) is 44.0 Å². The van der Waals surface area contributed by atoms with Crippen LogP contribution in [0.5, 0.6) is 5.75 Å². The van der Waals surface area contributed by atoms with Gasteiger partial charge in [0.1, 0.15) is 5.75 Å². The fourth-order valence-electron chi connectivity index (χ4n) is 1.45. The van der Waals surface area contributed by atoms with Gasteiger partial charge in [-0.2, -0.15) is 0 Å². The summed E-state index contributed by atoms with van der Waals surface area (Å²) in [5.74, 6) is -0.586. The molecule has 1 unspecified atom stereocenters. The maximum absolute atomic E-state index is 11.1. The number of hydrogen-bond acceptors (Lipinski definition) is 2. The number of hydrogen-bond donors (Lipinski definition) is 1. The summed E-state index contributed by atoms with van der Waals surface area (Å²) in [5.41, 5.74) is -0.140. The van der Waals surface area contributed by atoms with E-state index in [4.69, 9.17) is 33.0 Å². The molecule has 5 heteroatoms. The summed E-state index contributed by atoms with van der Waals surface area (Å²) in [6, 6.07) is 4.70. The Bertz CT molecular complexity index is 438. The summed E-state index contributed by atoms with van der Waals surface area (Å²) in [6.07, 6.45) is -0.495. The molecule has 1 rings (SSSR count). The van der Waals surface area contributed by atoms with Gasteiger partial charge in [-0.25, -0.2) is 4.79 Å². The molecule has 0 spiro atoms. The van der Waals surface area contributed by atoms with Gasteiger partial charge < -0.3 is 9.84 Å². The molecule has 0 heterocycles. The molecule has 1 aromatic carbocycles. The molecule has 1 N–H and O–H groups in total. The largest absolute Gasteiger partial charge is 0.479 e. The Labute approximate surface area is 117 Å². The molecule has 0 saturated carbocycles. The molecule has 0 fully saturated rings. The smallest absolute Gasteiger partial charge is 0.344 e. The minimum absolute atomic E-state index is 0.140. The fraction of sp³-hybridized carbons (Fsp3) is 0.462. The lowest BCUT2D eigenvalue weighted by molar-refractivity contribution is -0.146. The van der Waals surface area contributed by atoms with Gasteiger partial charge in [0.25, 0.3) is 0 Å². The number of rotatable bonds is 4. The van der Waals surface area contributed by atoms with Crippen molar-refractivity contribution in [2.24, 2.45) is 5.41 Å². The zero-order chi connectivity index (χ0) is 13.9. The van der Waals surface area contributed by atoms with E-state index in [1.807, 2.05) is 20.8 Å². The number of carbonyl (C=O) groups is 1. The summed E-state index contributed by atoms with van der Waals surface area (Å²) >= 11 is 11.6. The van der Waals surface area contributed by atoms with Crippen LogP contribution in [-0.2, 0) is 4.79 Å². The molecule has 0 aliphatic heterocycles. The van der Waals surface area contributed by atoms with Crippen molar-refractivity contribution in [3.63, 3.8) is 0 Å². The lowest BCUT2D eigenvalue weighted by Crippen LogP contribution is -2.31. The molecule has 0 aliphatic carbocycles. The number of aliphatic carboxylic acids is 1. The van der Waals surface area contributed by atoms with E-state index in [2.05, 4.69) is 0 Å². The number of halogens is 2. The topological polar surface area (TPSA) is 46.5 Å². The second-order valence-corrected chi connectivity index (χ2v) is 6.10. The van der Waals surface area contributed by atoms with E-state index in [0.29, 0.717) is 22.2 Å². The highest BCUT2D eigenvalue weighted by molar-refractivity contribution is 6.42. The van der Waals surface area contributed by atoms with Crippen molar-refractivity contribution in [2.75, 3.05) is 0 Å². The molecule has 0 bridgehead atoms. The maximum Gasteiger partial charge on any atom is 0.344 e. The third-order valence-corrected chi connectivity index (χ3v) is 2.98. The first kappa shape index (κ1) is 15.1. The quantitative estimate of drug-likeness (QED) is 0.901. The van der Waals surface area contributed by atoms with E-state index in [0.717, 1.165) is 0 Å². The lowest BCUT2D eigenvalue weighted by atomic mass is 9.89. The van der Waals surface area contributed by atoms with E-state index >= 15 is 0 Å². The Morgan fingerprint density at radius 2 is 1.94 bits per heavy atom. The number of benzene rings is 1. The van der Waals surface area contributed by atoms with Crippen molar-refractivity contribution in [3.05, 3.63) is 28.2 Å². The van der Waals surface area contributed by atoms with Crippen molar-refractivity contribution in [1.82, 2.24) is 0 Å². The van der Waals surface area contributed by atoms with Crippen molar-refractivity contribution >= 4 is 29.2 Å². The zero-order valence-corrected chi connectivity index (χ0v) is 12.0. The van der Waals surface area contributed by atoms with Crippen LogP contribution in [0.3, 0.4) is 0 Å². The molecule has 1 aromatic rings. The molecule has 100 valence electrons. The van der Waals surface area contributed by atoms with Crippen LogP contribution in [0.4, 0.5) is 0 Å². The second-order valence-electron chi connectivity index (χ2n) is 5.29. The normalized spacial score (nSPS) is 13.2. The predicted molar refractivity (Wildman–Crippen MR) is 72.6 cm³/mol. The van der Waals surface area contributed by atoms with Gasteiger partial charge in [-0.05, 0) is 17.5 Å². The summed E-state index contributed by atoms with van der Waals surface area (Å²) in [6.45, 7) is 5.88. The first-order valence-corrected chi connectivity index (χ1v) is 6.29. The monoisotopic (exact) mass is 290 g/mol. The van der Waals surface area contributed by atoms with Crippen molar-refractivity contribution in [1.29, 1.82) is 0 Å². The van der Waals surface area contributed by atoms with Gasteiger partial charge in [0.15, 0.2) is 6.10 Å². The summed E-state index contributed by atoms with van der Waals surface area (Å²) < 4.78 is 5.45. The van der Waals surface area contributed by atoms with Crippen LogP contribution < -0.4 is 4.74 Å². The molecular formula is C13H16Cl2O3. The molecular weight excluding hydrogens is 275 g/mol. The summed E-state index contributed by atoms with van der Waals surface area (Å²) in [4.78, 5) is 11.1. The Hall–Kier alpha value is -0.930. The van der Waals surface area contributed by atoms with Crippen LogP contribution in [-0.4, -0.2) is 17.2 Å². The van der Waals surface area contributed by atoms with E-state index < -0.39 is 12.1 Å².